The molecule has 0 unspecified atom stereocenters. The van der Waals surface area contributed by atoms with Crippen LogP contribution in [-0.4, -0.2) is 20.9 Å². The number of hydrogen-bond donors (Lipinski definition) is 2. The van der Waals surface area contributed by atoms with Crippen LogP contribution in [0.5, 0.6) is 0 Å². The van der Waals surface area contributed by atoms with Gasteiger partial charge in [0.1, 0.15) is 5.82 Å². The van der Waals surface area contributed by atoms with Crippen LogP contribution in [0.2, 0.25) is 0 Å². The number of rotatable bonds is 3. The number of aromatic nitrogens is 3. The molecule has 2 heterocycles. The molecule has 0 aliphatic carbocycles. The average molecular weight is 257 g/mol. The molecule has 3 N–H and O–H groups in total. The van der Waals surface area contributed by atoms with Crippen LogP contribution in [0.4, 0.5) is 5.69 Å². The predicted molar refractivity (Wildman–Crippen MR) is 71.3 cm³/mol. The number of anilines is 1. The quantitative estimate of drug-likeness (QED) is 0.855. The fraction of sp³-hybridized carbons (Fsp3) is 0.231. The highest BCUT2D eigenvalue weighted by atomic mass is 16.1. The first kappa shape index (κ1) is 12.9. The van der Waals surface area contributed by atoms with Crippen molar-refractivity contribution >= 4 is 11.6 Å². The fourth-order valence-electron chi connectivity index (χ4n) is 1.64. The topological polar surface area (TPSA) is 93.8 Å². The maximum absolute atomic E-state index is 12.0. The molecular weight excluding hydrogens is 242 g/mol. The molecule has 0 saturated heterocycles. The summed E-state index contributed by atoms with van der Waals surface area (Å²) in [6, 6.07) is 3.42. The van der Waals surface area contributed by atoms with Crippen LogP contribution < -0.4 is 11.1 Å². The predicted octanol–water partition coefficient (Wildman–Crippen LogP) is 1.00. The van der Waals surface area contributed by atoms with Crippen LogP contribution in [0.15, 0.2) is 24.5 Å². The van der Waals surface area contributed by atoms with Crippen LogP contribution in [0.1, 0.15) is 27.6 Å². The van der Waals surface area contributed by atoms with Crippen LogP contribution in [0.25, 0.3) is 0 Å². The Morgan fingerprint density at radius 2 is 2.16 bits per heavy atom. The molecule has 2 aromatic rings. The minimum atomic E-state index is -0.263. The molecule has 0 atom stereocenters. The van der Waals surface area contributed by atoms with E-state index in [1.54, 1.807) is 25.3 Å². The number of aryl methyl sites for hydroxylation is 2. The largest absolute Gasteiger partial charge is 0.398 e. The maximum atomic E-state index is 12.0. The summed E-state index contributed by atoms with van der Waals surface area (Å²) in [6.45, 7) is 3.95. The van der Waals surface area contributed by atoms with Gasteiger partial charge in [0.2, 0.25) is 0 Å². The summed E-state index contributed by atoms with van der Waals surface area (Å²) in [5.41, 5.74) is 8.11. The Balaban J connectivity index is 2.05. The van der Waals surface area contributed by atoms with Crippen LogP contribution in [0.3, 0.4) is 0 Å². The van der Waals surface area contributed by atoms with Gasteiger partial charge in [0.15, 0.2) is 0 Å². The fourth-order valence-corrected chi connectivity index (χ4v) is 1.64. The molecule has 19 heavy (non-hydrogen) atoms. The molecule has 0 aromatic carbocycles. The van der Waals surface area contributed by atoms with Crippen molar-refractivity contribution in [3.63, 3.8) is 0 Å². The average Bonchev–Trinajstić information content (AvgIpc) is 2.36. The monoisotopic (exact) mass is 257 g/mol. The Kier molecular flexibility index (Phi) is 3.70. The number of nitrogens with two attached hydrogens (primary N) is 1. The summed E-state index contributed by atoms with van der Waals surface area (Å²) in [5, 5.41) is 2.75. The van der Waals surface area contributed by atoms with Gasteiger partial charge in [-0.15, -0.1) is 0 Å². The van der Waals surface area contributed by atoms with Crippen molar-refractivity contribution in [2.75, 3.05) is 5.73 Å². The highest BCUT2D eigenvalue weighted by molar-refractivity contribution is 5.98. The Morgan fingerprint density at radius 3 is 2.84 bits per heavy atom. The van der Waals surface area contributed by atoms with E-state index in [1.807, 2.05) is 6.92 Å². The first-order chi connectivity index (χ1) is 9.06. The normalized spacial score (nSPS) is 10.2. The van der Waals surface area contributed by atoms with E-state index in [-0.39, 0.29) is 5.91 Å². The lowest BCUT2D eigenvalue weighted by atomic mass is 10.2. The van der Waals surface area contributed by atoms with Gasteiger partial charge in [-0.1, -0.05) is 0 Å². The molecule has 0 fully saturated rings. The van der Waals surface area contributed by atoms with Gasteiger partial charge in [-0.05, 0) is 26.0 Å². The number of amides is 1. The van der Waals surface area contributed by atoms with Gasteiger partial charge >= 0.3 is 0 Å². The van der Waals surface area contributed by atoms with Crippen molar-refractivity contribution in [1.82, 2.24) is 20.3 Å². The van der Waals surface area contributed by atoms with E-state index in [9.17, 15) is 4.79 Å². The summed E-state index contributed by atoms with van der Waals surface area (Å²) >= 11 is 0. The SMILES string of the molecule is Cc1cc(N)c(C(=O)NCc2ccnc(C)n2)cn1. The van der Waals surface area contributed by atoms with Gasteiger partial charge in [-0.3, -0.25) is 9.78 Å². The summed E-state index contributed by atoms with van der Waals surface area (Å²) < 4.78 is 0. The zero-order valence-corrected chi connectivity index (χ0v) is 10.8. The summed E-state index contributed by atoms with van der Waals surface area (Å²) in [7, 11) is 0. The second-order valence-corrected chi connectivity index (χ2v) is 4.19. The van der Waals surface area contributed by atoms with E-state index in [1.165, 1.54) is 6.20 Å². The molecular formula is C13H15N5O. The van der Waals surface area contributed by atoms with E-state index in [2.05, 4.69) is 20.3 Å². The van der Waals surface area contributed by atoms with Crippen LogP contribution >= 0.6 is 0 Å². The van der Waals surface area contributed by atoms with Crippen LogP contribution in [-0.2, 0) is 6.54 Å². The number of pyridine rings is 1. The second-order valence-electron chi connectivity index (χ2n) is 4.19. The van der Waals surface area contributed by atoms with Crippen molar-refractivity contribution < 1.29 is 4.79 Å². The van der Waals surface area contributed by atoms with Gasteiger partial charge in [0.05, 0.1) is 17.8 Å². The van der Waals surface area contributed by atoms with Gasteiger partial charge in [0.25, 0.3) is 5.91 Å². The Bertz CT molecular complexity index is 612. The zero-order valence-electron chi connectivity index (χ0n) is 10.8. The number of nitrogen functional groups attached to an aromatic ring is 1. The molecule has 1 amide bonds. The Morgan fingerprint density at radius 1 is 1.37 bits per heavy atom. The maximum Gasteiger partial charge on any atom is 0.255 e. The minimum absolute atomic E-state index is 0.263. The zero-order chi connectivity index (χ0) is 13.8. The smallest absolute Gasteiger partial charge is 0.255 e. The first-order valence-electron chi connectivity index (χ1n) is 5.85. The number of hydrogen-bond acceptors (Lipinski definition) is 5. The van der Waals surface area contributed by atoms with Crippen LogP contribution in [0, 0.1) is 13.8 Å². The lowest BCUT2D eigenvalue weighted by molar-refractivity contribution is 0.0951. The van der Waals surface area contributed by atoms with E-state index in [0.29, 0.717) is 23.6 Å². The van der Waals surface area contributed by atoms with E-state index >= 15 is 0 Å². The lowest BCUT2D eigenvalue weighted by Gasteiger charge is -2.07. The molecule has 6 heteroatoms. The van der Waals surface area contributed by atoms with Crippen molar-refractivity contribution in [1.29, 1.82) is 0 Å². The molecule has 6 nitrogen and oxygen atoms in total. The van der Waals surface area contributed by atoms with E-state index < -0.39 is 0 Å². The second kappa shape index (κ2) is 5.43. The Labute approximate surface area is 111 Å². The third kappa shape index (κ3) is 3.25. The molecule has 2 aromatic heterocycles. The highest BCUT2D eigenvalue weighted by Gasteiger charge is 2.10. The minimum Gasteiger partial charge on any atom is -0.398 e. The van der Waals surface area contributed by atoms with Crippen molar-refractivity contribution in [2.24, 2.45) is 0 Å². The highest BCUT2D eigenvalue weighted by Crippen LogP contribution is 2.11. The van der Waals surface area contributed by atoms with Gasteiger partial charge < -0.3 is 11.1 Å². The molecule has 0 bridgehead atoms. The number of carbonyl (C=O) groups excluding carboxylic acids is 1. The van der Waals surface area contributed by atoms with E-state index in [4.69, 9.17) is 5.73 Å². The van der Waals surface area contributed by atoms with E-state index in [0.717, 1.165) is 11.4 Å². The summed E-state index contributed by atoms with van der Waals surface area (Å²) in [6.07, 6.45) is 3.14. The first-order valence-corrected chi connectivity index (χ1v) is 5.85. The molecule has 0 spiro atoms. The third-order valence-electron chi connectivity index (χ3n) is 2.58. The third-order valence-corrected chi connectivity index (χ3v) is 2.58. The van der Waals surface area contributed by atoms with Gasteiger partial charge in [-0.2, -0.15) is 0 Å². The molecule has 0 radical (unpaired) electrons. The van der Waals surface area contributed by atoms with Crippen molar-refractivity contribution in [3.05, 3.63) is 47.3 Å². The molecule has 98 valence electrons. The van der Waals surface area contributed by atoms with Crippen molar-refractivity contribution in [2.45, 2.75) is 20.4 Å². The summed E-state index contributed by atoms with van der Waals surface area (Å²) in [4.78, 5) is 24.2. The molecule has 0 saturated carbocycles. The number of carbonyl (C=O) groups is 1. The number of nitrogens with zero attached hydrogens (tertiary/aromatic N) is 3. The molecule has 2 rings (SSSR count). The van der Waals surface area contributed by atoms with Crippen molar-refractivity contribution in [3.8, 4) is 0 Å². The molecule has 0 aliphatic rings. The number of nitrogens with one attached hydrogen (secondary N) is 1. The molecule has 0 aliphatic heterocycles. The van der Waals surface area contributed by atoms with Gasteiger partial charge in [-0.25, -0.2) is 9.97 Å². The standard InChI is InChI=1S/C13H15N5O/c1-8-5-12(14)11(7-16-8)13(19)17-6-10-3-4-15-9(2)18-10/h3-5,7H,6H2,1-2H3,(H2,14,16)(H,17,19). The summed E-state index contributed by atoms with van der Waals surface area (Å²) in [5.74, 6) is 0.407. The lowest BCUT2D eigenvalue weighted by Crippen LogP contribution is -2.24. The Hall–Kier alpha value is -2.50. The van der Waals surface area contributed by atoms with Gasteiger partial charge in [0, 0.05) is 23.8 Å².